The minimum atomic E-state index is -0.585. The zero-order valence-electron chi connectivity index (χ0n) is 15.2. The van der Waals surface area contributed by atoms with E-state index in [1.807, 2.05) is 13.8 Å². The number of rotatable bonds is 7. The summed E-state index contributed by atoms with van der Waals surface area (Å²) in [5.74, 6) is -1.10. The lowest BCUT2D eigenvalue weighted by atomic mass is 10.2. The van der Waals surface area contributed by atoms with Crippen LogP contribution >= 0.6 is 15.9 Å². The molecule has 0 saturated carbocycles. The van der Waals surface area contributed by atoms with Gasteiger partial charge in [-0.2, -0.15) is 0 Å². The number of benzene rings is 2. The van der Waals surface area contributed by atoms with Gasteiger partial charge in [0.25, 0.3) is 11.8 Å². The van der Waals surface area contributed by atoms with Crippen molar-refractivity contribution in [3.8, 4) is 0 Å². The highest BCUT2D eigenvalue weighted by atomic mass is 79.9. The topological polar surface area (TPSA) is 75.7 Å². The summed E-state index contributed by atoms with van der Waals surface area (Å²) in [5, 5.41) is 2.63. The second-order valence-electron chi connectivity index (χ2n) is 5.66. The van der Waals surface area contributed by atoms with E-state index in [1.165, 1.54) is 0 Å². The Labute approximate surface area is 166 Å². The third-order valence-electron chi connectivity index (χ3n) is 3.89. The first-order chi connectivity index (χ1) is 13.0. The monoisotopic (exact) mass is 432 g/mol. The number of amides is 2. The minimum Gasteiger partial charge on any atom is -0.452 e. The van der Waals surface area contributed by atoms with Crippen molar-refractivity contribution in [3.05, 3.63) is 64.1 Å². The van der Waals surface area contributed by atoms with Crippen LogP contribution in [0.5, 0.6) is 0 Å². The van der Waals surface area contributed by atoms with E-state index in [0.29, 0.717) is 34.4 Å². The molecule has 6 nitrogen and oxygen atoms in total. The van der Waals surface area contributed by atoms with Crippen molar-refractivity contribution in [3.63, 3.8) is 0 Å². The number of ether oxygens (including phenoxy) is 1. The summed E-state index contributed by atoms with van der Waals surface area (Å²) >= 11 is 3.26. The van der Waals surface area contributed by atoms with Gasteiger partial charge in [-0.25, -0.2) is 4.79 Å². The number of halogens is 1. The van der Waals surface area contributed by atoms with Crippen LogP contribution in [0.2, 0.25) is 0 Å². The zero-order chi connectivity index (χ0) is 19.8. The Bertz CT molecular complexity index is 817. The molecule has 27 heavy (non-hydrogen) atoms. The van der Waals surface area contributed by atoms with Gasteiger partial charge in [0, 0.05) is 28.8 Å². The van der Waals surface area contributed by atoms with E-state index in [4.69, 9.17) is 4.74 Å². The van der Waals surface area contributed by atoms with E-state index in [9.17, 15) is 14.4 Å². The predicted molar refractivity (Wildman–Crippen MR) is 107 cm³/mol. The Morgan fingerprint density at radius 1 is 1.00 bits per heavy atom. The second-order valence-corrected chi connectivity index (χ2v) is 6.51. The van der Waals surface area contributed by atoms with Gasteiger partial charge in [-0.05, 0) is 66.2 Å². The molecule has 0 aliphatic heterocycles. The van der Waals surface area contributed by atoms with Crippen LogP contribution in [0.25, 0.3) is 0 Å². The average Bonchev–Trinajstić information content (AvgIpc) is 2.68. The van der Waals surface area contributed by atoms with Crippen molar-refractivity contribution in [1.29, 1.82) is 0 Å². The van der Waals surface area contributed by atoms with Crippen molar-refractivity contribution >= 4 is 39.4 Å². The maximum absolute atomic E-state index is 12.3. The molecule has 0 aliphatic carbocycles. The van der Waals surface area contributed by atoms with Crippen molar-refractivity contribution in [1.82, 2.24) is 4.90 Å². The summed E-state index contributed by atoms with van der Waals surface area (Å²) in [7, 11) is 0. The van der Waals surface area contributed by atoms with Gasteiger partial charge < -0.3 is 15.0 Å². The quantitative estimate of drug-likeness (QED) is 0.676. The van der Waals surface area contributed by atoms with Crippen LogP contribution < -0.4 is 5.32 Å². The molecule has 0 saturated heterocycles. The first kappa shape index (κ1) is 20.6. The van der Waals surface area contributed by atoms with Crippen LogP contribution in [0, 0.1) is 0 Å². The number of nitrogens with zero attached hydrogens (tertiary/aromatic N) is 1. The summed E-state index contributed by atoms with van der Waals surface area (Å²) in [6.45, 7) is 4.71. The fraction of sp³-hybridized carbons (Fsp3) is 0.250. The number of esters is 1. The summed E-state index contributed by atoms with van der Waals surface area (Å²) in [6, 6.07) is 13.4. The number of nitrogens with one attached hydrogen (secondary N) is 1. The maximum Gasteiger partial charge on any atom is 0.339 e. The largest absolute Gasteiger partial charge is 0.452 e. The predicted octanol–water partition coefficient (Wildman–Crippen LogP) is 3.73. The van der Waals surface area contributed by atoms with Crippen LogP contribution in [0.1, 0.15) is 34.6 Å². The van der Waals surface area contributed by atoms with E-state index in [-0.39, 0.29) is 5.91 Å². The van der Waals surface area contributed by atoms with Gasteiger partial charge in [-0.15, -0.1) is 0 Å². The molecule has 0 bridgehead atoms. The lowest BCUT2D eigenvalue weighted by Crippen LogP contribution is -2.30. The molecule has 0 aromatic heterocycles. The lowest BCUT2D eigenvalue weighted by Gasteiger charge is -2.18. The first-order valence-electron chi connectivity index (χ1n) is 8.57. The minimum absolute atomic E-state index is 0.0553. The van der Waals surface area contributed by atoms with Gasteiger partial charge in [-0.1, -0.05) is 12.1 Å². The molecule has 1 N–H and O–H groups in total. The number of carbonyl (C=O) groups is 3. The Morgan fingerprint density at radius 2 is 1.63 bits per heavy atom. The van der Waals surface area contributed by atoms with E-state index in [0.717, 1.165) is 0 Å². The molecule has 0 heterocycles. The Morgan fingerprint density at radius 3 is 2.22 bits per heavy atom. The maximum atomic E-state index is 12.3. The molecule has 7 heteroatoms. The summed E-state index contributed by atoms with van der Waals surface area (Å²) in [6.07, 6.45) is 0. The number of carbonyl (C=O) groups excluding carboxylic acids is 3. The first-order valence-corrected chi connectivity index (χ1v) is 9.36. The van der Waals surface area contributed by atoms with Crippen LogP contribution in [-0.2, 0) is 9.53 Å². The van der Waals surface area contributed by atoms with E-state index >= 15 is 0 Å². The lowest BCUT2D eigenvalue weighted by molar-refractivity contribution is -0.119. The molecule has 2 amide bonds. The van der Waals surface area contributed by atoms with Gasteiger partial charge in [-0.3, -0.25) is 9.59 Å². The summed E-state index contributed by atoms with van der Waals surface area (Å²) in [5.41, 5.74) is 1.43. The molecule has 0 spiro atoms. The standard InChI is InChI=1S/C20H21BrN2O4/c1-3-23(4-2)19(25)14-9-11-15(12-10-14)22-18(24)13-27-20(26)16-7-5-6-8-17(16)21/h5-12H,3-4,13H2,1-2H3,(H,22,24). The molecule has 142 valence electrons. The van der Waals surface area contributed by atoms with Gasteiger partial charge in [0.05, 0.1) is 5.56 Å². The molecule has 2 rings (SSSR count). The average molecular weight is 433 g/mol. The molecule has 0 unspecified atom stereocenters. The molecule has 0 radical (unpaired) electrons. The normalized spacial score (nSPS) is 10.2. The molecule has 0 fully saturated rings. The van der Waals surface area contributed by atoms with E-state index in [2.05, 4.69) is 21.2 Å². The van der Waals surface area contributed by atoms with Crippen LogP contribution in [0.3, 0.4) is 0 Å². The second kappa shape index (κ2) is 9.87. The molecular weight excluding hydrogens is 412 g/mol. The van der Waals surface area contributed by atoms with Gasteiger partial charge in [0.15, 0.2) is 6.61 Å². The van der Waals surface area contributed by atoms with Crippen molar-refractivity contribution < 1.29 is 19.1 Å². The van der Waals surface area contributed by atoms with E-state index < -0.39 is 18.5 Å². The molecule has 2 aromatic carbocycles. The van der Waals surface area contributed by atoms with Crippen molar-refractivity contribution in [2.45, 2.75) is 13.8 Å². The Kier molecular flexibility index (Phi) is 7.55. The smallest absolute Gasteiger partial charge is 0.339 e. The number of hydrogen-bond acceptors (Lipinski definition) is 4. The van der Waals surface area contributed by atoms with Gasteiger partial charge in [0.2, 0.25) is 0 Å². The Balaban J connectivity index is 1.90. The van der Waals surface area contributed by atoms with Crippen LogP contribution in [-0.4, -0.2) is 42.4 Å². The summed E-state index contributed by atoms with van der Waals surface area (Å²) in [4.78, 5) is 37.9. The highest BCUT2D eigenvalue weighted by Gasteiger charge is 2.14. The highest BCUT2D eigenvalue weighted by molar-refractivity contribution is 9.10. The third kappa shape index (κ3) is 5.65. The molecular formula is C20H21BrN2O4. The molecule has 2 aromatic rings. The summed E-state index contributed by atoms with van der Waals surface area (Å²) < 4.78 is 5.62. The fourth-order valence-electron chi connectivity index (χ4n) is 2.42. The Hall–Kier alpha value is -2.67. The third-order valence-corrected chi connectivity index (χ3v) is 4.59. The fourth-order valence-corrected chi connectivity index (χ4v) is 2.87. The molecule has 0 aliphatic rings. The van der Waals surface area contributed by atoms with Crippen LogP contribution in [0.15, 0.2) is 53.0 Å². The van der Waals surface area contributed by atoms with Gasteiger partial charge in [0.1, 0.15) is 0 Å². The zero-order valence-corrected chi connectivity index (χ0v) is 16.8. The molecule has 0 atom stereocenters. The number of anilines is 1. The highest BCUT2D eigenvalue weighted by Crippen LogP contribution is 2.17. The van der Waals surface area contributed by atoms with E-state index in [1.54, 1.807) is 53.4 Å². The SMILES string of the molecule is CCN(CC)C(=O)c1ccc(NC(=O)COC(=O)c2ccccc2Br)cc1. The van der Waals surface area contributed by atoms with Gasteiger partial charge >= 0.3 is 5.97 Å². The van der Waals surface area contributed by atoms with Crippen molar-refractivity contribution in [2.75, 3.05) is 25.0 Å². The number of hydrogen-bond donors (Lipinski definition) is 1. The van der Waals surface area contributed by atoms with Crippen LogP contribution in [0.4, 0.5) is 5.69 Å². The van der Waals surface area contributed by atoms with Crippen molar-refractivity contribution in [2.24, 2.45) is 0 Å².